The van der Waals surface area contributed by atoms with Crippen LogP contribution < -0.4 is 0 Å². The van der Waals surface area contributed by atoms with Gasteiger partial charge in [0.25, 0.3) is 0 Å². The number of likely N-dealkylation sites (tertiary alicyclic amines) is 1. The van der Waals surface area contributed by atoms with E-state index in [1.54, 1.807) is 16.7 Å². The Labute approximate surface area is 143 Å². The summed E-state index contributed by atoms with van der Waals surface area (Å²) in [6.07, 6.45) is 1.86. The van der Waals surface area contributed by atoms with Crippen molar-refractivity contribution in [3.8, 4) is 0 Å². The fourth-order valence-corrected chi connectivity index (χ4v) is 3.83. The van der Waals surface area contributed by atoms with Crippen LogP contribution in [0.25, 0.3) is 0 Å². The number of hydrogen-bond donors (Lipinski definition) is 1. The molecule has 1 fully saturated rings. The fourth-order valence-electron chi connectivity index (χ4n) is 2.71. The Morgan fingerprint density at radius 2 is 2.05 bits per heavy atom. The second-order valence-corrected chi connectivity index (χ2v) is 7.55. The SMILES string of the molecule is CC1C(C(=O)O)CCN1C(=O)CCCSc1ccc(Br)cc1. The highest BCUT2D eigenvalue weighted by Gasteiger charge is 2.37. The molecule has 0 bridgehead atoms. The van der Waals surface area contributed by atoms with E-state index in [1.807, 2.05) is 19.1 Å². The molecular weight excluding hydrogens is 366 g/mol. The number of thioether (sulfide) groups is 1. The van der Waals surface area contributed by atoms with Crippen LogP contribution >= 0.6 is 27.7 Å². The van der Waals surface area contributed by atoms with E-state index in [9.17, 15) is 9.59 Å². The summed E-state index contributed by atoms with van der Waals surface area (Å²) in [7, 11) is 0. The Morgan fingerprint density at radius 1 is 1.36 bits per heavy atom. The molecule has 6 heteroatoms. The van der Waals surface area contributed by atoms with Gasteiger partial charge in [-0.3, -0.25) is 9.59 Å². The van der Waals surface area contributed by atoms with Gasteiger partial charge in [0.15, 0.2) is 0 Å². The molecule has 0 spiro atoms. The van der Waals surface area contributed by atoms with Crippen molar-refractivity contribution in [1.29, 1.82) is 0 Å². The van der Waals surface area contributed by atoms with Crippen molar-refractivity contribution in [2.24, 2.45) is 5.92 Å². The van der Waals surface area contributed by atoms with Crippen LogP contribution in [0.4, 0.5) is 0 Å². The van der Waals surface area contributed by atoms with Gasteiger partial charge in [0.2, 0.25) is 5.91 Å². The van der Waals surface area contributed by atoms with Crippen molar-refractivity contribution in [2.45, 2.75) is 37.1 Å². The number of benzene rings is 1. The molecule has 1 aliphatic heterocycles. The van der Waals surface area contributed by atoms with E-state index < -0.39 is 11.9 Å². The Hall–Kier alpha value is -1.01. The average molecular weight is 386 g/mol. The first kappa shape index (κ1) is 17.3. The van der Waals surface area contributed by atoms with Crippen LogP contribution in [0.2, 0.25) is 0 Å². The monoisotopic (exact) mass is 385 g/mol. The Morgan fingerprint density at radius 3 is 2.64 bits per heavy atom. The lowest BCUT2D eigenvalue weighted by molar-refractivity contribution is -0.143. The third-order valence-corrected chi connectivity index (χ3v) is 5.64. The first-order chi connectivity index (χ1) is 10.5. The maximum absolute atomic E-state index is 12.2. The predicted octanol–water partition coefficient (Wildman–Crippen LogP) is 3.64. The topological polar surface area (TPSA) is 57.6 Å². The van der Waals surface area contributed by atoms with Crippen molar-refractivity contribution >= 4 is 39.6 Å². The zero-order valence-corrected chi connectivity index (χ0v) is 14.9. The molecule has 2 atom stereocenters. The van der Waals surface area contributed by atoms with Crippen LogP contribution in [0.15, 0.2) is 33.6 Å². The number of carboxylic acid groups (broad SMARTS) is 1. The van der Waals surface area contributed by atoms with Gasteiger partial charge in [0, 0.05) is 28.4 Å². The smallest absolute Gasteiger partial charge is 0.308 e. The average Bonchev–Trinajstić information content (AvgIpc) is 2.87. The van der Waals surface area contributed by atoms with Gasteiger partial charge in [-0.15, -0.1) is 11.8 Å². The molecule has 22 heavy (non-hydrogen) atoms. The van der Waals surface area contributed by atoms with E-state index >= 15 is 0 Å². The van der Waals surface area contributed by atoms with Crippen molar-refractivity contribution < 1.29 is 14.7 Å². The first-order valence-corrected chi connectivity index (χ1v) is 9.17. The molecule has 1 aliphatic rings. The van der Waals surface area contributed by atoms with Crippen LogP contribution in [0, 0.1) is 5.92 Å². The lowest BCUT2D eigenvalue weighted by Crippen LogP contribution is -2.37. The molecule has 2 unspecified atom stereocenters. The molecule has 0 aromatic heterocycles. The van der Waals surface area contributed by atoms with Crippen LogP contribution in [0.1, 0.15) is 26.2 Å². The number of nitrogens with zero attached hydrogens (tertiary/aromatic N) is 1. The predicted molar refractivity (Wildman–Crippen MR) is 91.0 cm³/mol. The van der Waals surface area contributed by atoms with E-state index in [0.29, 0.717) is 19.4 Å². The number of carboxylic acids is 1. The van der Waals surface area contributed by atoms with Crippen molar-refractivity contribution in [3.63, 3.8) is 0 Å². The maximum Gasteiger partial charge on any atom is 0.308 e. The summed E-state index contributed by atoms with van der Waals surface area (Å²) < 4.78 is 1.06. The third-order valence-electron chi connectivity index (χ3n) is 4.01. The third kappa shape index (κ3) is 4.49. The molecule has 0 aliphatic carbocycles. The molecule has 4 nitrogen and oxygen atoms in total. The largest absolute Gasteiger partial charge is 0.481 e. The second-order valence-electron chi connectivity index (χ2n) is 5.47. The summed E-state index contributed by atoms with van der Waals surface area (Å²) >= 11 is 5.14. The number of carbonyl (C=O) groups excluding carboxylic acids is 1. The van der Waals surface area contributed by atoms with Gasteiger partial charge in [-0.1, -0.05) is 15.9 Å². The molecule has 0 radical (unpaired) electrons. The number of carbonyl (C=O) groups is 2. The fraction of sp³-hybridized carbons (Fsp3) is 0.500. The lowest BCUT2D eigenvalue weighted by atomic mass is 10.0. The molecule has 1 heterocycles. The van der Waals surface area contributed by atoms with Gasteiger partial charge in [-0.2, -0.15) is 0 Å². The summed E-state index contributed by atoms with van der Waals surface area (Å²) in [4.78, 5) is 26.2. The lowest BCUT2D eigenvalue weighted by Gasteiger charge is -2.23. The van der Waals surface area contributed by atoms with E-state index in [-0.39, 0.29) is 11.9 Å². The molecule has 1 amide bonds. The Balaban J connectivity index is 1.72. The van der Waals surface area contributed by atoms with E-state index in [4.69, 9.17) is 5.11 Å². The molecule has 120 valence electrons. The number of amides is 1. The quantitative estimate of drug-likeness (QED) is 0.599. The second kappa shape index (κ2) is 8.02. The minimum absolute atomic E-state index is 0.0765. The summed E-state index contributed by atoms with van der Waals surface area (Å²) in [5.74, 6) is -0.250. The molecule has 1 aromatic rings. The van der Waals surface area contributed by atoms with Gasteiger partial charge < -0.3 is 10.0 Å². The van der Waals surface area contributed by atoms with Crippen LogP contribution in [-0.2, 0) is 9.59 Å². The molecule has 1 saturated heterocycles. The highest BCUT2D eigenvalue weighted by Crippen LogP contribution is 2.26. The summed E-state index contributed by atoms with van der Waals surface area (Å²) in [6.45, 7) is 2.40. The zero-order valence-electron chi connectivity index (χ0n) is 12.5. The molecule has 2 rings (SSSR count). The van der Waals surface area contributed by atoms with Gasteiger partial charge >= 0.3 is 5.97 Å². The van der Waals surface area contributed by atoms with Crippen molar-refractivity contribution in [2.75, 3.05) is 12.3 Å². The number of rotatable bonds is 6. The Kier molecular flexibility index (Phi) is 6.32. The van der Waals surface area contributed by atoms with Crippen LogP contribution in [0.3, 0.4) is 0 Å². The van der Waals surface area contributed by atoms with Gasteiger partial charge in [0.05, 0.1) is 5.92 Å². The van der Waals surface area contributed by atoms with Gasteiger partial charge in [-0.05, 0) is 49.8 Å². The van der Waals surface area contributed by atoms with E-state index in [0.717, 1.165) is 16.6 Å². The summed E-state index contributed by atoms with van der Waals surface area (Å²) in [5.41, 5.74) is 0. The molecule has 1 N–H and O–H groups in total. The highest BCUT2D eigenvalue weighted by molar-refractivity contribution is 9.10. The number of halogens is 1. The molecule has 1 aromatic carbocycles. The summed E-state index contributed by atoms with van der Waals surface area (Å²) in [6, 6.07) is 7.92. The Bertz CT molecular complexity index is 535. The minimum Gasteiger partial charge on any atom is -0.481 e. The van der Waals surface area contributed by atoms with Crippen LogP contribution in [-0.4, -0.2) is 40.2 Å². The van der Waals surface area contributed by atoms with Crippen molar-refractivity contribution in [1.82, 2.24) is 4.90 Å². The van der Waals surface area contributed by atoms with E-state index in [2.05, 4.69) is 28.1 Å². The molecular formula is C16H20BrNO3S. The van der Waals surface area contributed by atoms with E-state index in [1.165, 1.54) is 4.90 Å². The van der Waals surface area contributed by atoms with Crippen LogP contribution in [0.5, 0.6) is 0 Å². The first-order valence-electron chi connectivity index (χ1n) is 7.39. The standard InChI is InChI=1S/C16H20BrNO3S/c1-11-14(16(20)21)8-9-18(11)15(19)3-2-10-22-13-6-4-12(17)5-7-13/h4-7,11,14H,2-3,8-10H2,1H3,(H,20,21). The maximum atomic E-state index is 12.2. The number of aliphatic carboxylic acids is 1. The van der Waals surface area contributed by atoms with Gasteiger partial charge in [0.1, 0.15) is 0 Å². The normalized spacial score (nSPS) is 21.1. The number of hydrogen-bond acceptors (Lipinski definition) is 3. The molecule has 0 saturated carbocycles. The summed E-state index contributed by atoms with van der Waals surface area (Å²) in [5, 5.41) is 9.10. The zero-order chi connectivity index (χ0) is 16.1. The highest BCUT2D eigenvalue weighted by atomic mass is 79.9. The van der Waals surface area contributed by atoms with Gasteiger partial charge in [-0.25, -0.2) is 0 Å². The van der Waals surface area contributed by atoms with Crippen molar-refractivity contribution in [3.05, 3.63) is 28.7 Å². The minimum atomic E-state index is -0.798.